The zero-order valence-corrected chi connectivity index (χ0v) is 19.6. The Hall–Kier alpha value is -4.27. The predicted octanol–water partition coefficient (Wildman–Crippen LogP) is 3.00. The number of aromatic nitrogens is 1. The Morgan fingerprint density at radius 1 is 0.914 bits per heavy atom. The summed E-state index contributed by atoms with van der Waals surface area (Å²) in [5, 5.41) is 30.0. The Morgan fingerprint density at radius 2 is 1.60 bits per heavy atom. The van der Waals surface area contributed by atoms with Gasteiger partial charge >= 0.3 is 11.9 Å². The fourth-order valence-corrected chi connectivity index (χ4v) is 3.95. The lowest BCUT2D eigenvalue weighted by Gasteiger charge is -2.21. The maximum absolute atomic E-state index is 13.5. The van der Waals surface area contributed by atoms with Crippen molar-refractivity contribution in [2.24, 2.45) is 0 Å². The van der Waals surface area contributed by atoms with Gasteiger partial charge in [-0.3, -0.25) is 9.59 Å². The summed E-state index contributed by atoms with van der Waals surface area (Å²) in [6.45, 7) is 1.91. The number of rotatable bonds is 8. The first-order chi connectivity index (χ1) is 16.7. The highest BCUT2D eigenvalue weighted by Crippen LogP contribution is 2.33. The molecule has 9 heteroatoms. The molecule has 3 N–H and O–H groups in total. The van der Waals surface area contributed by atoms with E-state index in [1.165, 1.54) is 49.1 Å². The summed E-state index contributed by atoms with van der Waals surface area (Å²) in [5.74, 6) is -2.67. The van der Waals surface area contributed by atoms with Crippen LogP contribution in [0.3, 0.4) is 0 Å². The van der Waals surface area contributed by atoms with Gasteiger partial charge in [-0.25, -0.2) is 4.79 Å². The molecule has 1 unspecified atom stereocenters. The van der Waals surface area contributed by atoms with Gasteiger partial charge in [-0.15, -0.1) is 0 Å². The lowest BCUT2D eigenvalue weighted by molar-refractivity contribution is -0.140. The van der Waals surface area contributed by atoms with E-state index in [9.17, 15) is 29.7 Å². The second-order valence-corrected chi connectivity index (χ2v) is 8.06. The lowest BCUT2D eigenvalue weighted by atomic mass is 9.88. The van der Waals surface area contributed by atoms with Gasteiger partial charge in [0.2, 0.25) is 0 Å². The summed E-state index contributed by atoms with van der Waals surface area (Å²) in [7, 11) is 2.50. The van der Waals surface area contributed by atoms with Crippen molar-refractivity contribution in [2.45, 2.75) is 32.2 Å². The molecular formula is C26H27NO8. The van der Waals surface area contributed by atoms with Crippen molar-refractivity contribution < 1.29 is 34.4 Å². The first kappa shape index (κ1) is 25.4. The summed E-state index contributed by atoms with van der Waals surface area (Å²) < 4.78 is 11.0. The van der Waals surface area contributed by atoms with Gasteiger partial charge in [0.25, 0.3) is 5.56 Å². The number of methoxy groups -OCH3 is 2. The number of ether oxygens (including phenoxy) is 2. The number of aromatic hydroxyl groups is 3. The van der Waals surface area contributed by atoms with Crippen molar-refractivity contribution in [3.05, 3.63) is 86.8 Å². The number of carbonyl (C=O) groups is 2. The minimum Gasteiger partial charge on any atom is -0.507 e. The molecule has 3 rings (SSSR count). The van der Waals surface area contributed by atoms with E-state index in [0.29, 0.717) is 28.8 Å². The molecule has 0 spiro atoms. The van der Waals surface area contributed by atoms with E-state index in [4.69, 9.17) is 9.47 Å². The minimum absolute atomic E-state index is 0.0281. The van der Waals surface area contributed by atoms with Gasteiger partial charge in [-0.1, -0.05) is 18.2 Å². The zero-order chi connectivity index (χ0) is 25.7. The highest BCUT2D eigenvalue weighted by Gasteiger charge is 2.27. The monoisotopic (exact) mass is 481 g/mol. The van der Waals surface area contributed by atoms with Crippen LogP contribution in [0.15, 0.2) is 53.3 Å². The Morgan fingerprint density at radius 3 is 2.20 bits per heavy atom. The quantitative estimate of drug-likeness (QED) is 0.330. The molecular weight excluding hydrogens is 454 g/mol. The average molecular weight is 482 g/mol. The molecule has 9 nitrogen and oxygen atoms in total. The van der Waals surface area contributed by atoms with Crippen LogP contribution in [0.1, 0.15) is 45.1 Å². The molecule has 0 fully saturated rings. The molecule has 0 saturated heterocycles. The fraction of sp³-hybridized carbons (Fsp3) is 0.269. The van der Waals surface area contributed by atoms with E-state index in [0.717, 1.165) is 0 Å². The van der Waals surface area contributed by atoms with Crippen molar-refractivity contribution in [3.63, 3.8) is 0 Å². The second kappa shape index (κ2) is 10.8. The maximum atomic E-state index is 13.5. The number of benzene rings is 2. The molecule has 1 heterocycles. The van der Waals surface area contributed by atoms with Crippen LogP contribution in [0, 0.1) is 6.92 Å². The molecule has 184 valence electrons. The topological polar surface area (TPSA) is 135 Å². The standard InChI is InChI=1S/C26H27NO8/c1-15-12-22(30)24(25(32)27(15)11-10-16-4-9-20(28)21(29)13-16)19(14-23(31)34-2)17-5-7-18(8-6-17)26(33)35-3/h4-9,12-13,19,28-30H,10-11,14H2,1-3H3. The molecule has 0 aliphatic rings. The van der Waals surface area contributed by atoms with Crippen LogP contribution >= 0.6 is 0 Å². The third kappa shape index (κ3) is 5.63. The fourth-order valence-electron chi connectivity index (χ4n) is 3.95. The van der Waals surface area contributed by atoms with Crippen LogP contribution < -0.4 is 5.56 Å². The SMILES string of the molecule is COC(=O)CC(c1ccc(C(=O)OC)cc1)c1c(O)cc(C)n(CCc2ccc(O)c(O)c2)c1=O. The summed E-state index contributed by atoms with van der Waals surface area (Å²) in [4.78, 5) is 37.5. The minimum atomic E-state index is -0.828. The number of hydrogen-bond acceptors (Lipinski definition) is 8. The van der Waals surface area contributed by atoms with Crippen LogP contribution in [0.4, 0.5) is 0 Å². The van der Waals surface area contributed by atoms with Crippen molar-refractivity contribution in [1.82, 2.24) is 4.57 Å². The van der Waals surface area contributed by atoms with E-state index >= 15 is 0 Å². The number of phenols is 2. The Bertz CT molecular complexity index is 1290. The first-order valence-electron chi connectivity index (χ1n) is 10.9. The molecule has 2 aromatic carbocycles. The molecule has 0 radical (unpaired) electrons. The average Bonchev–Trinajstić information content (AvgIpc) is 2.84. The summed E-state index contributed by atoms with van der Waals surface area (Å²) in [6.07, 6.45) is 0.167. The van der Waals surface area contributed by atoms with Gasteiger partial charge in [0.05, 0.1) is 31.8 Å². The van der Waals surface area contributed by atoms with Crippen LogP contribution in [-0.2, 0) is 27.2 Å². The van der Waals surface area contributed by atoms with Gasteiger partial charge in [-0.2, -0.15) is 0 Å². The zero-order valence-electron chi connectivity index (χ0n) is 19.6. The number of phenolic OH excluding ortho intramolecular Hbond substituents is 2. The number of aryl methyl sites for hydroxylation is 2. The predicted molar refractivity (Wildman–Crippen MR) is 127 cm³/mol. The van der Waals surface area contributed by atoms with E-state index in [1.54, 1.807) is 25.1 Å². The highest BCUT2D eigenvalue weighted by molar-refractivity contribution is 5.89. The van der Waals surface area contributed by atoms with Crippen LogP contribution in [0.25, 0.3) is 0 Å². The van der Waals surface area contributed by atoms with E-state index in [1.807, 2.05) is 0 Å². The number of hydrogen-bond donors (Lipinski definition) is 3. The van der Waals surface area contributed by atoms with Crippen LogP contribution in [0.5, 0.6) is 17.2 Å². The largest absolute Gasteiger partial charge is 0.507 e. The number of esters is 2. The van der Waals surface area contributed by atoms with Gasteiger partial charge in [0, 0.05) is 18.2 Å². The molecule has 0 aliphatic heterocycles. The van der Waals surface area contributed by atoms with Crippen molar-refractivity contribution in [3.8, 4) is 17.2 Å². The molecule has 3 aromatic rings. The van der Waals surface area contributed by atoms with Gasteiger partial charge < -0.3 is 29.4 Å². The maximum Gasteiger partial charge on any atom is 0.337 e. The van der Waals surface area contributed by atoms with Crippen LogP contribution in [0.2, 0.25) is 0 Å². The molecule has 0 saturated carbocycles. The number of carbonyl (C=O) groups excluding carboxylic acids is 2. The Balaban J connectivity index is 2.03. The second-order valence-electron chi connectivity index (χ2n) is 8.06. The van der Waals surface area contributed by atoms with Crippen LogP contribution in [-0.4, -0.2) is 46.0 Å². The molecule has 1 atom stereocenters. The third-order valence-corrected chi connectivity index (χ3v) is 5.87. The highest BCUT2D eigenvalue weighted by atomic mass is 16.5. The molecule has 0 bridgehead atoms. The van der Waals surface area contributed by atoms with Crippen molar-refractivity contribution in [1.29, 1.82) is 0 Å². The van der Waals surface area contributed by atoms with Gasteiger partial charge in [-0.05, 0) is 54.8 Å². The Kier molecular flexibility index (Phi) is 7.80. The summed E-state index contributed by atoms with van der Waals surface area (Å²) in [5.41, 5.74) is 1.60. The van der Waals surface area contributed by atoms with E-state index in [2.05, 4.69) is 0 Å². The Labute approximate surface area is 201 Å². The van der Waals surface area contributed by atoms with Crippen molar-refractivity contribution >= 4 is 11.9 Å². The molecule has 0 amide bonds. The summed E-state index contributed by atoms with van der Waals surface area (Å²) >= 11 is 0. The third-order valence-electron chi connectivity index (χ3n) is 5.87. The smallest absolute Gasteiger partial charge is 0.337 e. The first-order valence-corrected chi connectivity index (χ1v) is 10.9. The van der Waals surface area contributed by atoms with Gasteiger partial charge in [0.15, 0.2) is 11.5 Å². The molecule has 0 aliphatic carbocycles. The summed E-state index contributed by atoms with van der Waals surface area (Å²) in [6, 6.07) is 12.1. The van der Waals surface area contributed by atoms with E-state index < -0.39 is 23.4 Å². The van der Waals surface area contributed by atoms with Gasteiger partial charge in [0.1, 0.15) is 5.75 Å². The number of nitrogens with zero attached hydrogens (tertiary/aromatic N) is 1. The normalized spacial score (nSPS) is 11.6. The number of pyridine rings is 1. The van der Waals surface area contributed by atoms with Crippen molar-refractivity contribution in [2.75, 3.05) is 14.2 Å². The molecule has 1 aromatic heterocycles. The lowest BCUT2D eigenvalue weighted by Crippen LogP contribution is -2.29. The molecule has 35 heavy (non-hydrogen) atoms. The van der Waals surface area contributed by atoms with E-state index in [-0.39, 0.29) is 35.8 Å².